The van der Waals surface area contributed by atoms with E-state index in [1.807, 2.05) is 0 Å². The SMILES string of the molecule is Cc1noc(C)c1C(=O)N1C[C@@H](F)C[C@H]1Cn1cc(C(N)=O)nn1. The lowest BCUT2D eigenvalue weighted by Crippen LogP contribution is -2.38. The van der Waals surface area contributed by atoms with Crippen molar-refractivity contribution in [1.82, 2.24) is 25.1 Å². The van der Waals surface area contributed by atoms with Gasteiger partial charge in [-0.1, -0.05) is 10.4 Å². The second kappa shape index (κ2) is 6.02. The standard InChI is InChI=1S/C14H17FN6O3/c1-7-12(8(2)24-18-7)14(23)21-4-9(15)3-10(21)5-20-6-11(13(16)22)17-19-20/h6,9-10H,3-5H2,1-2H3,(H2,16,22)/t9-,10-/m0/s1. The number of hydrogen-bond acceptors (Lipinski definition) is 6. The van der Waals surface area contributed by atoms with Crippen molar-refractivity contribution in [3.05, 3.63) is 28.9 Å². The van der Waals surface area contributed by atoms with Crippen LogP contribution in [0.25, 0.3) is 0 Å². The first kappa shape index (κ1) is 16.1. The van der Waals surface area contributed by atoms with Crippen LogP contribution < -0.4 is 5.73 Å². The molecular weight excluding hydrogens is 319 g/mol. The molecule has 0 aromatic carbocycles. The lowest BCUT2D eigenvalue weighted by molar-refractivity contribution is 0.0712. The molecule has 0 saturated carbocycles. The number of aromatic nitrogens is 4. The predicted molar refractivity (Wildman–Crippen MR) is 78.9 cm³/mol. The van der Waals surface area contributed by atoms with Crippen molar-refractivity contribution in [2.75, 3.05) is 6.54 Å². The molecule has 0 bridgehead atoms. The van der Waals surface area contributed by atoms with Crippen molar-refractivity contribution in [1.29, 1.82) is 0 Å². The van der Waals surface area contributed by atoms with Gasteiger partial charge in [-0.05, 0) is 13.8 Å². The highest BCUT2D eigenvalue weighted by Crippen LogP contribution is 2.26. The molecule has 2 aromatic heterocycles. The van der Waals surface area contributed by atoms with Gasteiger partial charge in [-0.25, -0.2) is 9.07 Å². The predicted octanol–water partition coefficient (Wildman–Crippen LogP) is 0.235. The second-order valence-electron chi connectivity index (χ2n) is 5.83. The maximum Gasteiger partial charge on any atom is 0.270 e. The number of alkyl halides is 1. The van der Waals surface area contributed by atoms with Gasteiger partial charge in [0.25, 0.3) is 11.8 Å². The van der Waals surface area contributed by atoms with Gasteiger partial charge in [0, 0.05) is 6.42 Å². The molecule has 1 fully saturated rings. The Labute approximate surface area is 136 Å². The summed E-state index contributed by atoms with van der Waals surface area (Å²) in [5.41, 5.74) is 5.98. The third kappa shape index (κ3) is 2.86. The average Bonchev–Trinajstić information content (AvgIpc) is 3.19. The Morgan fingerprint density at radius 1 is 1.46 bits per heavy atom. The van der Waals surface area contributed by atoms with Crippen LogP contribution in [0.1, 0.15) is 38.7 Å². The number of nitrogens with two attached hydrogens (primary N) is 1. The van der Waals surface area contributed by atoms with E-state index in [-0.39, 0.29) is 31.1 Å². The van der Waals surface area contributed by atoms with Crippen molar-refractivity contribution in [2.45, 2.75) is 39.0 Å². The molecule has 1 saturated heterocycles. The molecular formula is C14H17FN6O3. The molecule has 2 aromatic rings. The fourth-order valence-electron chi connectivity index (χ4n) is 2.93. The molecule has 0 aliphatic carbocycles. The van der Waals surface area contributed by atoms with E-state index in [1.165, 1.54) is 15.8 Å². The van der Waals surface area contributed by atoms with Gasteiger partial charge in [0.1, 0.15) is 17.5 Å². The summed E-state index contributed by atoms with van der Waals surface area (Å²) in [5, 5.41) is 11.2. The van der Waals surface area contributed by atoms with E-state index in [4.69, 9.17) is 10.3 Å². The number of carbonyl (C=O) groups excluding carboxylic acids is 2. The zero-order valence-corrected chi connectivity index (χ0v) is 13.3. The molecule has 2 N–H and O–H groups in total. The normalized spacial score (nSPS) is 20.5. The number of amides is 2. The first-order chi connectivity index (χ1) is 11.4. The van der Waals surface area contributed by atoms with Gasteiger partial charge < -0.3 is 15.2 Å². The number of rotatable bonds is 4. The molecule has 2 atom stereocenters. The highest BCUT2D eigenvalue weighted by atomic mass is 19.1. The van der Waals surface area contributed by atoms with Crippen LogP contribution in [0.15, 0.2) is 10.7 Å². The highest BCUT2D eigenvalue weighted by molar-refractivity contribution is 5.96. The summed E-state index contributed by atoms with van der Waals surface area (Å²) in [5.74, 6) is -0.623. The largest absolute Gasteiger partial charge is 0.364 e. The first-order valence-corrected chi connectivity index (χ1v) is 7.44. The Morgan fingerprint density at radius 3 is 2.79 bits per heavy atom. The first-order valence-electron chi connectivity index (χ1n) is 7.44. The Kier molecular flexibility index (Phi) is 4.04. The van der Waals surface area contributed by atoms with Gasteiger partial charge in [-0.2, -0.15) is 0 Å². The van der Waals surface area contributed by atoms with E-state index in [0.717, 1.165) is 0 Å². The molecule has 3 heterocycles. The zero-order valence-electron chi connectivity index (χ0n) is 13.3. The quantitative estimate of drug-likeness (QED) is 0.853. The number of carbonyl (C=O) groups is 2. The van der Waals surface area contributed by atoms with Crippen LogP contribution in [-0.4, -0.2) is 55.6 Å². The van der Waals surface area contributed by atoms with Crippen LogP contribution in [-0.2, 0) is 6.54 Å². The van der Waals surface area contributed by atoms with E-state index in [0.29, 0.717) is 17.0 Å². The Balaban J connectivity index is 1.81. The molecule has 1 aliphatic heterocycles. The second-order valence-corrected chi connectivity index (χ2v) is 5.83. The Bertz CT molecular complexity index is 766. The monoisotopic (exact) mass is 336 g/mol. The van der Waals surface area contributed by atoms with Crippen LogP contribution in [0.5, 0.6) is 0 Å². The van der Waals surface area contributed by atoms with Gasteiger partial charge in [-0.15, -0.1) is 5.10 Å². The van der Waals surface area contributed by atoms with Gasteiger partial charge in [0.15, 0.2) is 5.69 Å². The molecule has 0 unspecified atom stereocenters. The topological polar surface area (TPSA) is 120 Å². The summed E-state index contributed by atoms with van der Waals surface area (Å²) in [6.07, 6.45) is 0.436. The fraction of sp³-hybridized carbons (Fsp3) is 0.500. The maximum absolute atomic E-state index is 13.9. The minimum absolute atomic E-state index is 0.00899. The average molecular weight is 336 g/mol. The Hall–Kier alpha value is -2.78. The number of nitrogens with zero attached hydrogens (tertiary/aromatic N) is 5. The van der Waals surface area contributed by atoms with E-state index in [9.17, 15) is 14.0 Å². The van der Waals surface area contributed by atoms with Gasteiger partial charge in [0.05, 0.1) is 31.0 Å². The summed E-state index contributed by atoms with van der Waals surface area (Å²) < 4.78 is 20.3. The molecule has 24 heavy (non-hydrogen) atoms. The van der Waals surface area contributed by atoms with Gasteiger partial charge in [0.2, 0.25) is 0 Å². The number of aryl methyl sites for hydroxylation is 2. The molecule has 0 radical (unpaired) electrons. The highest BCUT2D eigenvalue weighted by Gasteiger charge is 2.38. The lowest BCUT2D eigenvalue weighted by Gasteiger charge is -2.24. The van der Waals surface area contributed by atoms with Crippen LogP contribution in [0.2, 0.25) is 0 Å². The summed E-state index contributed by atoms with van der Waals surface area (Å²) in [7, 11) is 0. The fourth-order valence-corrected chi connectivity index (χ4v) is 2.93. The number of primary amides is 1. The van der Waals surface area contributed by atoms with Crippen LogP contribution >= 0.6 is 0 Å². The van der Waals surface area contributed by atoms with Crippen LogP contribution in [0.3, 0.4) is 0 Å². The van der Waals surface area contributed by atoms with Crippen LogP contribution in [0.4, 0.5) is 4.39 Å². The number of hydrogen-bond donors (Lipinski definition) is 1. The minimum atomic E-state index is -1.13. The van der Waals surface area contributed by atoms with E-state index >= 15 is 0 Å². The molecule has 2 amide bonds. The van der Waals surface area contributed by atoms with Crippen molar-refractivity contribution in [2.24, 2.45) is 5.73 Å². The molecule has 1 aliphatic rings. The van der Waals surface area contributed by atoms with Crippen LogP contribution in [0, 0.1) is 13.8 Å². The molecule has 128 valence electrons. The minimum Gasteiger partial charge on any atom is -0.364 e. The third-order valence-electron chi connectivity index (χ3n) is 4.06. The van der Waals surface area contributed by atoms with Crippen molar-refractivity contribution in [3.8, 4) is 0 Å². The molecule has 3 rings (SSSR count). The number of likely N-dealkylation sites (tertiary alicyclic amines) is 1. The zero-order chi connectivity index (χ0) is 17.4. The van der Waals surface area contributed by atoms with Crippen molar-refractivity contribution < 1.29 is 18.5 Å². The van der Waals surface area contributed by atoms with Crippen molar-refractivity contribution in [3.63, 3.8) is 0 Å². The Morgan fingerprint density at radius 2 is 2.21 bits per heavy atom. The van der Waals surface area contributed by atoms with E-state index in [1.54, 1.807) is 13.8 Å². The molecule has 9 nitrogen and oxygen atoms in total. The third-order valence-corrected chi connectivity index (χ3v) is 4.06. The maximum atomic E-state index is 13.9. The lowest BCUT2D eigenvalue weighted by atomic mass is 10.1. The van der Waals surface area contributed by atoms with E-state index < -0.39 is 18.1 Å². The number of halogens is 1. The molecule has 0 spiro atoms. The van der Waals surface area contributed by atoms with Crippen molar-refractivity contribution >= 4 is 11.8 Å². The summed E-state index contributed by atoms with van der Waals surface area (Å²) >= 11 is 0. The van der Waals surface area contributed by atoms with Gasteiger partial charge >= 0.3 is 0 Å². The summed E-state index contributed by atoms with van der Waals surface area (Å²) in [6.45, 7) is 3.51. The molecule has 10 heteroatoms. The summed E-state index contributed by atoms with van der Waals surface area (Å²) in [6, 6.07) is -0.413. The van der Waals surface area contributed by atoms with Gasteiger partial charge in [-0.3, -0.25) is 9.59 Å². The summed E-state index contributed by atoms with van der Waals surface area (Å²) in [4.78, 5) is 25.3. The van der Waals surface area contributed by atoms with E-state index in [2.05, 4.69) is 15.5 Å². The smallest absolute Gasteiger partial charge is 0.270 e.